The van der Waals surface area contributed by atoms with E-state index in [0.717, 1.165) is 31.0 Å². The Balaban J connectivity index is 1.12. The van der Waals surface area contributed by atoms with Crippen LogP contribution in [0.5, 0.6) is 5.75 Å². The molecule has 0 unspecified atom stereocenters. The molecule has 3 aromatic rings. The highest BCUT2D eigenvalue weighted by atomic mass is 16.5. The number of ether oxygens (including phenoxy) is 1. The van der Waals surface area contributed by atoms with Crippen molar-refractivity contribution in [2.45, 2.75) is 25.7 Å². The van der Waals surface area contributed by atoms with Gasteiger partial charge in [-0.25, -0.2) is 19.1 Å². The zero-order chi connectivity index (χ0) is 24.2. The summed E-state index contributed by atoms with van der Waals surface area (Å²) in [4.78, 5) is 51.5. The molecule has 186 valence electrons. The predicted octanol–water partition coefficient (Wildman–Crippen LogP) is 1.46. The third-order valence-electron chi connectivity index (χ3n) is 6.74. The molecule has 5 rings (SSSR count). The van der Waals surface area contributed by atoms with Crippen LogP contribution in [0, 0.1) is 0 Å². The molecule has 1 amide bonds. The lowest BCUT2D eigenvalue weighted by Crippen LogP contribution is -2.50. The van der Waals surface area contributed by atoms with Crippen molar-refractivity contribution in [2.75, 3.05) is 57.3 Å². The number of hydrogen-bond acceptors (Lipinski definition) is 7. The highest BCUT2D eigenvalue weighted by Crippen LogP contribution is 2.21. The van der Waals surface area contributed by atoms with Crippen molar-refractivity contribution in [3.63, 3.8) is 0 Å². The minimum atomic E-state index is -0.670. The number of nitrogens with one attached hydrogen (secondary N) is 2. The SMILES string of the molecule is O=C(N1CCN(c2ccc(OCCCN3CCCCC3)cc2)CC1)n1cnc2c(=O)[nH]c(=O)[nH]c21. The first-order valence-corrected chi connectivity index (χ1v) is 12.3. The lowest BCUT2D eigenvalue weighted by molar-refractivity contribution is 0.197. The summed E-state index contributed by atoms with van der Waals surface area (Å²) in [7, 11) is 0. The van der Waals surface area contributed by atoms with Crippen LogP contribution >= 0.6 is 0 Å². The largest absolute Gasteiger partial charge is 0.494 e. The van der Waals surface area contributed by atoms with Gasteiger partial charge in [0.05, 0.1) is 6.61 Å². The maximum Gasteiger partial charge on any atom is 0.331 e. The van der Waals surface area contributed by atoms with Crippen molar-refractivity contribution < 1.29 is 9.53 Å². The van der Waals surface area contributed by atoms with Crippen molar-refractivity contribution in [3.8, 4) is 5.75 Å². The number of amides is 1. The Kier molecular flexibility index (Phi) is 6.84. The Labute approximate surface area is 202 Å². The fourth-order valence-electron chi connectivity index (χ4n) is 4.80. The van der Waals surface area contributed by atoms with Gasteiger partial charge in [0.2, 0.25) is 0 Å². The van der Waals surface area contributed by atoms with E-state index >= 15 is 0 Å². The maximum atomic E-state index is 13.0. The van der Waals surface area contributed by atoms with Crippen LogP contribution in [0.3, 0.4) is 0 Å². The van der Waals surface area contributed by atoms with Crippen LogP contribution in [0.2, 0.25) is 0 Å². The topological polar surface area (TPSA) is 120 Å². The average molecular weight is 482 g/mol. The number of H-pyrrole nitrogens is 2. The van der Waals surface area contributed by atoms with Crippen molar-refractivity contribution in [1.82, 2.24) is 29.3 Å². The number of likely N-dealkylation sites (tertiary alicyclic amines) is 1. The minimum Gasteiger partial charge on any atom is -0.494 e. The molecule has 2 saturated heterocycles. The molecule has 4 heterocycles. The summed E-state index contributed by atoms with van der Waals surface area (Å²) in [5.41, 5.74) is -0.0596. The fraction of sp³-hybridized carbons (Fsp3) is 0.500. The van der Waals surface area contributed by atoms with E-state index in [9.17, 15) is 14.4 Å². The Hall–Kier alpha value is -3.60. The lowest BCUT2D eigenvalue weighted by atomic mass is 10.1. The van der Waals surface area contributed by atoms with E-state index in [2.05, 4.69) is 36.9 Å². The Bertz CT molecular complexity index is 1270. The maximum absolute atomic E-state index is 13.0. The van der Waals surface area contributed by atoms with Crippen LogP contribution in [0.1, 0.15) is 25.7 Å². The van der Waals surface area contributed by atoms with E-state index in [0.29, 0.717) is 26.2 Å². The Morgan fingerprint density at radius 3 is 2.43 bits per heavy atom. The molecule has 0 spiro atoms. The summed E-state index contributed by atoms with van der Waals surface area (Å²) >= 11 is 0. The second-order valence-electron chi connectivity index (χ2n) is 9.07. The number of piperazine rings is 1. The number of rotatable bonds is 6. The number of fused-ring (bicyclic) bond motifs is 1. The van der Waals surface area contributed by atoms with Crippen molar-refractivity contribution in [1.29, 1.82) is 0 Å². The molecule has 0 aliphatic carbocycles. The van der Waals surface area contributed by atoms with Gasteiger partial charge in [0.25, 0.3) is 5.56 Å². The van der Waals surface area contributed by atoms with E-state index in [1.807, 2.05) is 12.1 Å². The molecular formula is C24H31N7O4. The molecule has 0 atom stereocenters. The minimum absolute atomic E-state index is 0.0328. The van der Waals surface area contributed by atoms with Crippen molar-refractivity contribution in [2.24, 2.45) is 0 Å². The number of aromatic nitrogens is 4. The molecule has 2 aliphatic heterocycles. The van der Waals surface area contributed by atoms with Gasteiger partial charge in [-0.3, -0.25) is 14.8 Å². The number of benzene rings is 1. The van der Waals surface area contributed by atoms with Crippen LogP contribution in [0.15, 0.2) is 40.2 Å². The van der Waals surface area contributed by atoms with Crippen LogP contribution < -0.4 is 20.9 Å². The normalized spacial score (nSPS) is 17.1. The number of imidazole rings is 1. The first-order valence-electron chi connectivity index (χ1n) is 12.3. The van der Waals surface area contributed by atoms with Crippen LogP contribution in [0.4, 0.5) is 10.5 Å². The molecule has 0 radical (unpaired) electrons. The van der Waals surface area contributed by atoms with Gasteiger partial charge in [-0.15, -0.1) is 0 Å². The van der Waals surface area contributed by atoms with Gasteiger partial charge in [0, 0.05) is 38.4 Å². The number of carbonyl (C=O) groups is 1. The molecule has 11 nitrogen and oxygen atoms in total. The highest BCUT2D eigenvalue weighted by molar-refractivity contribution is 5.86. The van der Waals surface area contributed by atoms with Crippen LogP contribution in [0.25, 0.3) is 11.2 Å². The molecule has 11 heteroatoms. The summed E-state index contributed by atoms with van der Waals surface area (Å²) in [6.07, 6.45) is 6.29. The number of anilines is 1. The second kappa shape index (κ2) is 10.3. The second-order valence-corrected chi connectivity index (χ2v) is 9.07. The van der Waals surface area contributed by atoms with Crippen LogP contribution in [-0.2, 0) is 0 Å². The third-order valence-corrected chi connectivity index (χ3v) is 6.74. The molecule has 0 saturated carbocycles. The fourth-order valence-corrected chi connectivity index (χ4v) is 4.80. The van der Waals surface area contributed by atoms with Crippen molar-refractivity contribution in [3.05, 3.63) is 51.4 Å². The summed E-state index contributed by atoms with van der Waals surface area (Å²) in [6, 6.07) is 7.79. The summed E-state index contributed by atoms with van der Waals surface area (Å²) in [5, 5.41) is 0. The average Bonchev–Trinajstić information content (AvgIpc) is 3.31. The van der Waals surface area contributed by atoms with E-state index in [1.165, 1.54) is 43.2 Å². The summed E-state index contributed by atoms with van der Waals surface area (Å²) in [5.74, 6) is 0.872. The van der Waals surface area contributed by atoms with Gasteiger partial charge in [-0.1, -0.05) is 6.42 Å². The molecule has 2 fully saturated rings. The van der Waals surface area contributed by atoms with Gasteiger partial charge >= 0.3 is 11.7 Å². The third kappa shape index (κ3) is 5.24. The summed E-state index contributed by atoms with van der Waals surface area (Å²) < 4.78 is 7.15. The quantitative estimate of drug-likeness (QED) is 0.512. The number of carbonyl (C=O) groups excluding carboxylic acids is 1. The zero-order valence-corrected chi connectivity index (χ0v) is 19.7. The number of piperidine rings is 1. The first-order chi connectivity index (χ1) is 17.1. The Morgan fingerprint density at radius 1 is 0.943 bits per heavy atom. The Morgan fingerprint density at radius 2 is 1.69 bits per heavy atom. The van der Waals surface area contributed by atoms with E-state index in [-0.39, 0.29) is 17.2 Å². The van der Waals surface area contributed by atoms with Gasteiger partial charge in [0.1, 0.15) is 12.1 Å². The lowest BCUT2D eigenvalue weighted by Gasteiger charge is -2.36. The number of aromatic amines is 2. The monoisotopic (exact) mass is 481 g/mol. The molecule has 2 N–H and O–H groups in total. The van der Waals surface area contributed by atoms with Gasteiger partial charge < -0.3 is 19.4 Å². The molecule has 2 aliphatic rings. The molecule has 2 aromatic heterocycles. The standard InChI is InChI=1S/C24H31N7O4/c32-22-20-21(26-23(33)27-22)31(17-25-20)24(34)30-14-12-29(13-15-30)18-5-7-19(8-6-18)35-16-4-11-28-9-2-1-3-10-28/h5-8,17H,1-4,9-16H2,(H2,26,27,32,33). The highest BCUT2D eigenvalue weighted by Gasteiger charge is 2.24. The first kappa shape index (κ1) is 23.2. The van der Waals surface area contributed by atoms with Gasteiger partial charge in [-0.05, 0) is 56.6 Å². The van der Waals surface area contributed by atoms with E-state index in [1.54, 1.807) is 4.90 Å². The van der Waals surface area contributed by atoms with Gasteiger partial charge in [0.15, 0.2) is 11.2 Å². The van der Waals surface area contributed by atoms with Gasteiger partial charge in [-0.2, -0.15) is 0 Å². The van der Waals surface area contributed by atoms with Crippen molar-refractivity contribution >= 4 is 22.9 Å². The predicted molar refractivity (Wildman–Crippen MR) is 132 cm³/mol. The van der Waals surface area contributed by atoms with E-state index in [4.69, 9.17) is 4.74 Å². The molecule has 35 heavy (non-hydrogen) atoms. The zero-order valence-electron chi connectivity index (χ0n) is 19.7. The van der Waals surface area contributed by atoms with E-state index < -0.39 is 11.2 Å². The summed E-state index contributed by atoms with van der Waals surface area (Å²) in [6.45, 7) is 6.62. The molecular weight excluding hydrogens is 450 g/mol. The van der Waals surface area contributed by atoms with Crippen LogP contribution in [-0.4, -0.2) is 87.8 Å². The number of nitrogens with zero attached hydrogens (tertiary/aromatic N) is 5. The molecule has 0 bridgehead atoms. The molecule has 1 aromatic carbocycles. The number of hydrogen-bond donors (Lipinski definition) is 2. The smallest absolute Gasteiger partial charge is 0.331 e.